The molecule has 65 valence electrons. The molecule has 0 atom stereocenters. The van der Waals surface area contributed by atoms with Crippen LogP contribution in [0.5, 0.6) is 0 Å². The van der Waals surface area contributed by atoms with E-state index < -0.39 is 0 Å². The Balaban J connectivity index is 3.01. The molecule has 1 heterocycles. The van der Waals surface area contributed by atoms with E-state index in [0.29, 0.717) is 0 Å². The Morgan fingerprint density at radius 2 is 1.42 bits per heavy atom. The molecule has 0 saturated heterocycles. The van der Waals surface area contributed by atoms with Gasteiger partial charge in [-0.15, -0.1) is 23.5 Å². The minimum Gasteiger partial charge on any atom is -0.215 e. The molecule has 2 nitrogen and oxygen atoms in total. The van der Waals surface area contributed by atoms with Crippen molar-refractivity contribution in [1.29, 1.82) is 0 Å². The lowest BCUT2D eigenvalue weighted by atomic mass is 10.7. The first-order valence-electron chi connectivity index (χ1n) is 3.23. The van der Waals surface area contributed by atoms with Crippen LogP contribution in [0.3, 0.4) is 0 Å². The van der Waals surface area contributed by atoms with Crippen LogP contribution in [-0.2, 0) is 0 Å². The lowest BCUT2D eigenvalue weighted by Gasteiger charge is -2.00. The maximum Gasteiger partial charge on any atom is 0.189 e. The van der Waals surface area contributed by atoms with Gasteiger partial charge in [0.15, 0.2) is 5.16 Å². The molecular formula is C7H9N2S3. The molecule has 0 saturated carbocycles. The molecule has 5 heteroatoms. The number of hydrogen-bond donors (Lipinski definition) is 0. The quantitative estimate of drug-likeness (QED) is 0.440. The van der Waals surface area contributed by atoms with E-state index in [2.05, 4.69) is 16.0 Å². The van der Waals surface area contributed by atoms with Crippen molar-refractivity contribution in [3.05, 3.63) is 6.07 Å². The second-order valence-corrected chi connectivity index (χ2v) is 4.22. The number of hydrogen-bond acceptors (Lipinski definition) is 5. The highest BCUT2D eigenvalue weighted by molar-refractivity contribution is 7.99. The van der Waals surface area contributed by atoms with Gasteiger partial charge < -0.3 is 0 Å². The van der Waals surface area contributed by atoms with Crippen molar-refractivity contribution < 1.29 is 0 Å². The molecule has 0 aliphatic rings. The first kappa shape index (κ1) is 10.2. The van der Waals surface area contributed by atoms with Gasteiger partial charge in [0, 0.05) is 0 Å². The summed E-state index contributed by atoms with van der Waals surface area (Å²) in [5.74, 6) is 0. The molecule has 0 N–H and O–H groups in total. The molecule has 0 bridgehead atoms. The van der Waals surface area contributed by atoms with Crippen LogP contribution < -0.4 is 0 Å². The standard InChI is InChI=1S/C7H9N2S3/c1-10-5-4-6(11-2)9-7(8-5)12-3/h1-3H3. The highest BCUT2D eigenvalue weighted by Crippen LogP contribution is 2.21. The summed E-state index contributed by atoms with van der Waals surface area (Å²) in [4.78, 5) is 8.53. The molecule has 1 radical (unpaired) electrons. The minimum absolute atomic E-state index is 0.822. The van der Waals surface area contributed by atoms with Crippen molar-refractivity contribution in [2.75, 3.05) is 18.8 Å². The van der Waals surface area contributed by atoms with Gasteiger partial charge in [0.1, 0.15) is 10.1 Å². The van der Waals surface area contributed by atoms with Crippen LogP contribution in [0, 0.1) is 6.07 Å². The maximum atomic E-state index is 4.26. The Labute approximate surface area is 85.3 Å². The molecule has 0 unspecified atom stereocenters. The van der Waals surface area contributed by atoms with Crippen LogP contribution in [-0.4, -0.2) is 28.7 Å². The van der Waals surface area contributed by atoms with Crippen molar-refractivity contribution in [3.63, 3.8) is 0 Å². The van der Waals surface area contributed by atoms with Gasteiger partial charge in [-0.2, -0.15) is 0 Å². The SMILES string of the molecule is CSc1[c]c(SC)nc(SC)n1. The summed E-state index contributed by atoms with van der Waals surface area (Å²) in [5.41, 5.74) is 0. The van der Waals surface area contributed by atoms with Crippen LogP contribution in [0.4, 0.5) is 0 Å². The highest BCUT2D eigenvalue weighted by atomic mass is 32.2. The molecule has 0 aliphatic heterocycles. The Bertz CT molecular complexity index is 210. The Hall–Kier alpha value is 0.130. The largest absolute Gasteiger partial charge is 0.215 e. The normalized spacial score (nSPS) is 10.2. The van der Waals surface area contributed by atoms with Gasteiger partial charge in [0.2, 0.25) is 0 Å². The molecule has 1 aromatic rings. The zero-order valence-corrected chi connectivity index (χ0v) is 9.57. The molecule has 0 aromatic carbocycles. The van der Waals surface area contributed by atoms with Crippen molar-refractivity contribution in [1.82, 2.24) is 9.97 Å². The summed E-state index contributed by atoms with van der Waals surface area (Å²) in [5, 5.41) is 2.65. The second kappa shape index (κ2) is 4.99. The van der Waals surface area contributed by atoms with E-state index in [-0.39, 0.29) is 0 Å². The van der Waals surface area contributed by atoms with Crippen molar-refractivity contribution in [2.24, 2.45) is 0 Å². The van der Waals surface area contributed by atoms with E-state index in [1.165, 1.54) is 0 Å². The topological polar surface area (TPSA) is 25.8 Å². The maximum absolute atomic E-state index is 4.26. The molecule has 0 fully saturated rings. The molecule has 12 heavy (non-hydrogen) atoms. The van der Waals surface area contributed by atoms with Crippen molar-refractivity contribution >= 4 is 35.3 Å². The van der Waals surface area contributed by atoms with Crippen LogP contribution >= 0.6 is 35.3 Å². The van der Waals surface area contributed by atoms with Gasteiger partial charge in [-0.1, -0.05) is 11.8 Å². The molecule has 1 aromatic heterocycles. The summed E-state index contributed by atoms with van der Waals surface area (Å²) < 4.78 is 0. The third-order valence-electron chi connectivity index (χ3n) is 1.18. The van der Waals surface area contributed by atoms with E-state index >= 15 is 0 Å². The fraction of sp³-hybridized carbons (Fsp3) is 0.429. The fourth-order valence-corrected chi connectivity index (χ4v) is 1.93. The van der Waals surface area contributed by atoms with Gasteiger partial charge in [0.05, 0.1) is 6.07 Å². The average Bonchev–Trinajstić information content (AvgIpc) is 2.16. The van der Waals surface area contributed by atoms with Crippen LogP contribution in [0.2, 0.25) is 0 Å². The number of rotatable bonds is 3. The molecule has 0 amide bonds. The van der Waals surface area contributed by atoms with Crippen LogP contribution in [0.25, 0.3) is 0 Å². The van der Waals surface area contributed by atoms with Crippen molar-refractivity contribution in [3.8, 4) is 0 Å². The Morgan fingerprint density at radius 3 is 1.75 bits per heavy atom. The van der Waals surface area contributed by atoms with E-state index in [9.17, 15) is 0 Å². The third kappa shape index (κ3) is 2.57. The molecule has 1 rings (SSSR count). The summed E-state index contributed by atoms with van der Waals surface area (Å²) in [6.07, 6.45) is 5.96. The van der Waals surface area contributed by atoms with E-state index in [1.54, 1.807) is 35.3 Å². The lowest BCUT2D eigenvalue weighted by molar-refractivity contribution is 0.826. The molecular weight excluding hydrogens is 208 g/mol. The van der Waals surface area contributed by atoms with Gasteiger partial charge in [-0.05, 0) is 18.8 Å². The van der Waals surface area contributed by atoms with E-state index in [1.807, 2.05) is 18.8 Å². The Kier molecular flexibility index (Phi) is 4.25. The predicted octanol–water partition coefficient (Wildman–Crippen LogP) is 2.44. The number of thioether (sulfide) groups is 3. The third-order valence-corrected chi connectivity index (χ3v) is 2.89. The highest BCUT2D eigenvalue weighted by Gasteiger charge is 2.02. The molecule has 0 aliphatic carbocycles. The smallest absolute Gasteiger partial charge is 0.189 e. The summed E-state index contributed by atoms with van der Waals surface area (Å²) >= 11 is 4.75. The Morgan fingerprint density at radius 1 is 0.917 bits per heavy atom. The predicted molar refractivity (Wildman–Crippen MR) is 56.2 cm³/mol. The number of aromatic nitrogens is 2. The number of nitrogens with zero attached hydrogens (tertiary/aromatic N) is 2. The van der Waals surface area contributed by atoms with Crippen LogP contribution in [0.15, 0.2) is 15.2 Å². The van der Waals surface area contributed by atoms with E-state index in [4.69, 9.17) is 0 Å². The minimum atomic E-state index is 0.822. The first-order chi connectivity index (χ1) is 5.80. The summed E-state index contributed by atoms with van der Waals surface area (Å²) in [7, 11) is 0. The van der Waals surface area contributed by atoms with Crippen molar-refractivity contribution in [2.45, 2.75) is 15.2 Å². The van der Waals surface area contributed by atoms with Crippen LogP contribution in [0.1, 0.15) is 0 Å². The summed E-state index contributed by atoms with van der Waals surface area (Å²) in [6, 6.07) is 3.11. The van der Waals surface area contributed by atoms with Gasteiger partial charge in [-0.25, -0.2) is 9.97 Å². The first-order valence-corrected chi connectivity index (χ1v) is 6.91. The second-order valence-electron chi connectivity index (χ2n) is 1.85. The monoisotopic (exact) mass is 217 g/mol. The molecule has 0 spiro atoms. The van der Waals surface area contributed by atoms with Gasteiger partial charge >= 0.3 is 0 Å². The average molecular weight is 217 g/mol. The van der Waals surface area contributed by atoms with Gasteiger partial charge in [-0.3, -0.25) is 0 Å². The van der Waals surface area contributed by atoms with Gasteiger partial charge in [0.25, 0.3) is 0 Å². The summed E-state index contributed by atoms with van der Waals surface area (Å²) in [6.45, 7) is 0. The fourth-order valence-electron chi connectivity index (χ4n) is 0.631. The zero-order valence-electron chi connectivity index (χ0n) is 7.12. The zero-order chi connectivity index (χ0) is 8.97. The lowest BCUT2D eigenvalue weighted by Crippen LogP contribution is -1.90. The van der Waals surface area contributed by atoms with E-state index in [0.717, 1.165) is 15.2 Å².